The lowest BCUT2D eigenvalue weighted by Gasteiger charge is -2.16. The van der Waals surface area contributed by atoms with E-state index >= 15 is 0 Å². The first-order valence-corrected chi connectivity index (χ1v) is 7.78. The molecule has 0 aliphatic rings. The zero-order chi connectivity index (χ0) is 14.5. The highest BCUT2D eigenvalue weighted by molar-refractivity contribution is 7.89. The minimum Gasteiger partial charge on any atom is -0.493 e. The van der Waals surface area contributed by atoms with E-state index in [0.29, 0.717) is 17.7 Å². The molecule has 106 valence electrons. The fourth-order valence-corrected chi connectivity index (χ4v) is 2.69. The second-order valence-electron chi connectivity index (χ2n) is 4.47. The van der Waals surface area contributed by atoms with Crippen LogP contribution in [0, 0.1) is 5.92 Å². The highest BCUT2D eigenvalue weighted by Gasteiger charge is 2.16. The molecule has 0 spiro atoms. The minimum absolute atomic E-state index is 0.0879. The molecule has 1 aromatic rings. The van der Waals surface area contributed by atoms with Crippen molar-refractivity contribution in [2.75, 3.05) is 12.4 Å². The molecule has 6 heteroatoms. The highest BCUT2D eigenvalue weighted by atomic mass is 32.2. The molecule has 0 saturated heterocycles. The van der Waals surface area contributed by atoms with Crippen LogP contribution in [0.15, 0.2) is 24.3 Å². The molecular weight excluding hydrogens is 266 g/mol. The molecule has 2 N–H and O–H groups in total. The standard InChI is InChI=1S/C13H19NO4S/c1-3-11(9-19(14,16)17)8-18-13-7-5-4-6-12(13)10(2)15/h4-7,11H,3,8-9H2,1-2H3,(H2,14,16,17). The van der Waals surface area contributed by atoms with E-state index in [1.54, 1.807) is 24.3 Å². The van der Waals surface area contributed by atoms with Crippen LogP contribution in [0.1, 0.15) is 30.6 Å². The molecule has 0 aliphatic heterocycles. The maximum atomic E-state index is 11.4. The largest absolute Gasteiger partial charge is 0.493 e. The molecule has 0 aliphatic carbocycles. The number of nitrogens with two attached hydrogens (primary N) is 1. The van der Waals surface area contributed by atoms with Gasteiger partial charge >= 0.3 is 0 Å². The van der Waals surface area contributed by atoms with Crippen LogP contribution in [-0.2, 0) is 10.0 Å². The lowest BCUT2D eigenvalue weighted by molar-refractivity contribution is 0.101. The van der Waals surface area contributed by atoms with E-state index in [0.717, 1.165) is 0 Å². The molecule has 1 atom stereocenters. The summed E-state index contributed by atoms with van der Waals surface area (Å²) in [7, 11) is -3.51. The van der Waals surface area contributed by atoms with E-state index < -0.39 is 10.0 Å². The van der Waals surface area contributed by atoms with E-state index in [1.807, 2.05) is 6.92 Å². The summed E-state index contributed by atoms with van der Waals surface area (Å²) in [6, 6.07) is 6.90. The van der Waals surface area contributed by atoms with Crippen LogP contribution in [-0.4, -0.2) is 26.6 Å². The number of benzene rings is 1. The maximum Gasteiger partial charge on any atom is 0.209 e. The minimum atomic E-state index is -3.51. The van der Waals surface area contributed by atoms with Gasteiger partial charge < -0.3 is 4.74 Å². The first-order chi connectivity index (χ1) is 8.83. The molecule has 1 unspecified atom stereocenters. The van der Waals surface area contributed by atoms with E-state index in [2.05, 4.69) is 0 Å². The lowest BCUT2D eigenvalue weighted by atomic mass is 10.1. The number of carbonyl (C=O) groups excluding carboxylic acids is 1. The number of para-hydroxylation sites is 1. The van der Waals surface area contributed by atoms with Gasteiger partial charge in [-0.3, -0.25) is 4.79 Å². The van der Waals surface area contributed by atoms with Crippen LogP contribution in [0.2, 0.25) is 0 Å². The number of sulfonamides is 1. The number of rotatable bonds is 7. The number of hydrogen-bond acceptors (Lipinski definition) is 4. The molecule has 19 heavy (non-hydrogen) atoms. The summed E-state index contributed by atoms with van der Waals surface area (Å²) in [5, 5.41) is 5.02. The Hall–Kier alpha value is -1.40. The van der Waals surface area contributed by atoms with Gasteiger partial charge in [0.25, 0.3) is 0 Å². The molecule has 0 aromatic heterocycles. The molecule has 0 amide bonds. The van der Waals surface area contributed by atoms with Crippen molar-refractivity contribution in [3.05, 3.63) is 29.8 Å². The predicted octanol–water partition coefficient (Wildman–Crippen LogP) is 1.58. The fourth-order valence-electron chi connectivity index (χ4n) is 1.70. The van der Waals surface area contributed by atoms with Crippen LogP contribution in [0.25, 0.3) is 0 Å². The van der Waals surface area contributed by atoms with Gasteiger partial charge in [0.05, 0.1) is 17.9 Å². The Labute approximate surface area is 113 Å². The lowest BCUT2D eigenvalue weighted by Crippen LogP contribution is -2.26. The van der Waals surface area contributed by atoms with E-state index in [4.69, 9.17) is 9.88 Å². The van der Waals surface area contributed by atoms with E-state index in [1.165, 1.54) is 6.92 Å². The Morgan fingerprint density at radius 2 is 2.00 bits per heavy atom. The number of primary sulfonamides is 1. The SMILES string of the molecule is CCC(COc1ccccc1C(C)=O)CS(N)(=O)=O. The van der Waals surface area contributed by atoms with Crippen molar-refractivity contribution in [3.63, 3.8) is 0 Å². The Bertz CT molecular complexity index is 539. The second-order valence-corrected chi connectivity index (χ2v) is 6.13. The zero-order valence-electron chi connectivity index (χ0n) is 11.1. The summed E-state index contributed by atoms with van der Waals surface area (Å²) >= 11 is 0. The van der Waals surface area contributed by atoms with Crippen molar-refractivity contribution in [1.29, 1.82) is 0 Å². The average Bonchev–Trinajstić information content (AvgIpc) is 2.33. The molecule has 5 nitrogen and oxygen atoms in total. The molecule has 0 bridgehead atoms. The molecule has 1 aromatic carbocycles. The number of carbonyl (C=O) groups is 1. The number of Topliss-reactive ketones (excluding diaryl/α,β-unsaturated/α-hetero) is 1. The second kappa shape index (κ2) is 6.68. The van der Waals surface area contributed by atoms with Crippen LogP contribution >= 0.6 is 0 Å². The third kappa shape index (κ3) is 5.40. The highest BCUT2D eigenvalue weighted by Crippen LogP contribution is 2.19. The molecular formula is C13H19NO4S. The molecule has 0 heterocycles. The van der Waals surface area contributed by atoms with Crippen molar-refractivity contribution < 1.29 is 17.9 Å². The monoisotopic (exact) mass is 285 g/mol. The van der Waals surface area contributed by atoms with Crippen molar-refractivity contribution in [2.45, 2.75) is 20.3 Å². The van der Waals surface area contributed by atoms with Crippen LogP contribution < -0.4 is 9.88 Å². The topological polar surface area (TPSA) is 86.5 Å². The normalized spacial score (nSPS) is 13.0. The molecule has 0 saturated carbocycles. The Balaban J connectivity index is 2.73. The Morgan fingerprint density at radius 3 is 2.53 bits per heavy atom. The predicted molar refractivity (Wildman–Crippen MR) is 73.7 cm³/mol. The molecule has 0 radical (unpaired) electrons. The summed E-state index contributed by atoms with van der Waals surface area (Å²) < 4.78 is 27.7. The Kier molecular flexibility index (Phi) is 5.50. The summed E-state index contributed by atoms with van der Waals surface area (Å²) in [5.74, 6) is 0.0825. The maximum absolute atomic E-state index is 11.4. The number of ether oxygens (including phenoxy) is 1. The van der Waals surface area contributed by atoms with Crippen molar-refractivity contribution >= 4 is 15.8 Å². The van der Waals surface area contributed by atoms with Gasteiger partial charge in [0.2, 0.25) is 10.0 Å². The summed E-state index contributed by atoms with van der Waals surface area (Å²) in [6.45, 7) is 3.55. The van der Waals surface area contributed by atoms with Gasteiger partial charge in [-0.15, -0.1) is 0 Å². The zero-order valence-corrected chi connectivity index (χ0v) is 11.9. The third-order valence-corrected chi connectivity index (χ3v) is 3.72. The molecule has 0 fully saturated rings. The quantitative estimate of drug-likeness (QED) is 0.771. The summed E-state index contributed by atoms with van der Waals surface area (Å²) in [4.78, 5) is 11.4. The van der Waals surface area contributed by atoms with Gasteiger partial charge in [0.1, 0.15) is 5.75 Å². The van der Waals surface area contributed by atoms with Crippen molar-refractivity contribution in [2.24, 2.45) is 11.1 Å². The van der Waals surface area contributed by atoms with Gasteiger partial charge in [-0.05, 0) is 25.5 Å². The van der Waals surface area contributed by atoms with Gasteiger partial charge in [-0.1, -0.05) is 19.1 Å². The van der Waals surface area contributed by atoms with Gasteiger partial charge in [0, 0.05) is 5.92 Å². The Morgan fingerprint density at radius 1 is 1.37 bits per heavy atom. The number of hydrogen-bond donors (Lipinski definition) is 1. The van der Waals surface area contributed by atoms with Gasteiger partial charge in [-0.2, -0.15) is 0 Å². The molecule has 1 rings (SSSR count). The van der Waals surface area contributed by atoms with Gasteiger partial charge in [0.15, 0.2) is 5.78 Å². The van der Waals surface area contributed by atoms with Crippen molar-refractivity contribution in [3.8, 4) is 5.75 Å². The van der Waals surface area contributed by atoms with E-state index in [9.17, 15) is 13.2 Å². The third-order valence-electron chi connectivity index (χ3n) is 2.79. The average molecular weight is 285 g/mol. The van der Waals surface area contributed by atoms with Crippen molar-refractivity contribution in [1.82, 2.24) is 0 Å². The van der Waals surface area contributed by atoms with Gasteiger partial charge in [-0.25, -0.2) is 13.6 Å². The first kappa shape index (κ1) is 15.7. The smallest absolute Gasteiger partial charge is 0.209 e. The van der Waals surface area contributed by atoms with Crippen LogP contribution in [0.4, 0.5) is 0 Å². The summed E-state index contributed by atoms with van der Waals surface area (Å²) in [5.41, 5.74) is 0.493. The fraction of sp³-hybridized carbons (Fsp3) is 0.462. The van der Waals surface area contributed by atoms with Crippen LogP contribution in [0.5, 0.6) is 5.75 Å². The first-order valence-electron chi connectivity index (χ1n) is 6.06. The van der Waals surface area contributed by atoms with Crippen LogP contribution in [0.3, 0.4) is 0 Å². The number of ketones is 1. The summed E-state index contributed by atoms with van der Waals surface area (Å²) in [6.07, 6.45) is 0.638. The van der Waals surface area contributed by atoms with E-state index in [-0.39, 0.29) is 24.1 Å².